The van der Waals surface area contributed by atoms with Crippen molar-refractivity contribution >= 4 is 10.8 Å². The van der Waals surface area contributed by atoms with Crippen LogP contribution in [0.4, 0.5) is 0 Å². The van der Waals surface area contributed by atoms with Crippen LogP contribution in [0, 0.1) is 0 Å². The van der Waals surface area contributed by atoms with Crippen molar-refractivity contribution in [3.05, 3.63) is 47.5 Å². The predicted octanol–water partition coefficient (Wildman–Crippen LogP) is 3.92. The molecule has 1 heterocycles. The van der Waals surface area contributed by atoms with E-state index < -0.39 is 0 Å². The van der Waals surface area contributed by atoms with Crippen LogP contribution in [-0.4, -0.2) is 18.0 Å². The standard InChI is InChI=1S/C17H19N/c1-2-10-18(11-3-1)16-12-14-8-4-6-13-7-5-9-15(16)17(13)14/h4-9,16H,1-3,10-12H2. The Kier molecular flexibility index (Phi) is 2.41. The highest BCUT2D eigenvalue weighted by Gasteiger charge is 2.29. The van der Waals surface area contributed by atoms with Gasteiger partial charge in [-0.3, -0.25) is 4.90 Å². The van der Waals surface area contributed by atoms with Crippen LogP contribution in [-0.2, 0) is 6.42 Å². The molecule has 1 fully saturated rings. The number of likely N-dealkylation sites (tertiary alicyclic amines) is 1. The van der Waals surface area contributed by atoms with Crippen molar-refractivity contribution in [2.24, 2.45) is 0 Å². The van der Waals surface area contributed by atoms with Gasteiger partial charge in [-0.05, 0) is 54.3 Å². The third kappa shape index (κ3) is 1.50. The van der Waals surface area contributed by atoms with Crippen LogP contribution in [0.15, 0.2) is 36.4 Å². The Hall–Kier alpha value is -1.34. The van der Waals surface area contributed by atoms with Crippen LogP contribution >= 0.6 is 0 Å². The first-order valence-corrected chi connectivity index (χ1v) is 7.18. The van der Waals surface area contributed by atoms with E-state index in [0.717, 1.165) is 0 Å². The Bertz CT molecular complexity index is 576. The van der Waals surface area contributed by atoms with Gasteiger partial charge in [-0.15, -0.1) is 0 Å². The van der Waals surface area contributed by atoms with Gasteiger partial charge in [0.15, 0.2) is 0 Å². The van der Waals surface area contributed by atoms with Gasteiger partial charge in [-0.2, -0.15) is 0 Å². The number of nitrogens with zero attached hydrogens (tertiary/aromatic N) is 1. The summed E-state index contributed by atoms with van der Waals surface area (Å²) in [7, 11) is 0. The van der Waals surface area contributed by atoms with Gasteiger partial charge in [0.25, 0.3) is 0 Å². The molecule has 1 nitrogen and oxygen atoms in total. The topological polar surface area (TPSA) is 3.24 Å². The minimum Gasteiger partial charge on any atom is -0.296 e. The average molecular weight is 237 g/mol. The van der Waals surface area contributed by atoms with Gasteiger partial charge < -0.3 is 0 Å². The van der Waals surface area contributed by atoms with E-state index in [0.29, 0.717) is 6.04 Å². The Morgan fingerprint density at radius 1 is 0.889 bits per heavy atom. The first-order valence-electron chi connectivity index (χ1n) is 7.18. The van der Waals surface area contributed by atoms with E-state index in [2.05, 4.69) is 41.3 Å². The molecule has 1 aliphatic carbocycles. The van der Waals surface area contributed by atoms with Crippen LogP contribution in [0.3, 0.4) is 0 Å². The Balaban J connectivity index is 1.80. The number of benzene rings is 2. The molecule has 0 saturated carbocycles. The maximum absolute atomic E-state index is 2.71. The maximum atomic E-state index is 2.71. The van der Waals surface area contributed by atoms with E-state index in [1.165, 1.54) is 49.5 Å². The molecule has 2 aromatic carbocycles. The third-order valence-corrected chi connectivity index (χ3v) is 4.63. The van der Waals surface area contributed by atoms with E-state index >= 15 is 0 Å². The van der Waals surface area contributed by atoms with Gasteiger partial charge in [0, 0.05) is 6.04 Å². The summed E-state index contributed by atoms with van der Waals surface area (Å²) >= 11 is 0. The lowest BCUT2D eigenvalue weighted by atomic mass is 10.0. The van der Waals surface area contributed by atoms with E-state index in [9.17, 15) is 0 Å². The van der Waals surface area contributed by atoms with Crippen LogP contribution in [0.1, 0.15) is 36.4 Å². The second-order valence-electron chi connectivity index (χ2n) is 5.68. The van der Waals surface area contributed by atoms with Crippen molar-refractivity contribution in [3.63, 3.8) is 0 Å². The number of piperidine rings is 1. The molecule has 0 bridgehead atoms. The van der Waals surface area contributed by atoms with Gasteiger partial charge in [-0.1, -0.05) is 42.8 Å². The molecule has 1 unspecified atom stereocenters. The first-order chi connectivity index (χ1) is 8.93. The first kappa shape index (κ1) is 10.6. The predicted molar refractivity (Wildman–Crippen MR) is 75.8 cm³/mol. The third-order valence-electron chi connectivity index (χ3n) is 4.63. The number of hydrogen-bond donors (Lipinski definition) is 0. The highest BCUT2D eigenvalue weighted by Crippen LogP contribution is 2.40. The fraction of sp³-hybridized carbons (Fsp3) is 0.412. The van der Waals surface area contributed by atoms with Crippen molar-refractivity contribution in [1.29, 1.82) is 0 Å². The number of rotatable bonds is 1. The molecule has 0 aromatic heterocycles. The van der Waals surface area contributed by atoms with Crippen molar-refractivity contribution in [1.82, 2.24) is 4.90 Å². The van der Waals surface area contributed by atoms with E-state index in [4.69, 9.17) is 0 Å². The zero-order valence-corrected chi connectivity index (χ0v) is 10.7. The summed E-state index contributed by atoms with van der Waals surface area (Å²) in [6.07, 6.45) is 5.39. The normalized spacial score (nSPS) is 23.7. The van der Waals surface area contributed by atoms with Crippen LogP contribution in [0.2, 0.25) is 0 Å². The van der Waals surface area contributed by atoms with Crippen LogP contribution < -0.4 is 0 Å². The Morgan fingerprint density at radius 3 is 2.50 bits per heavy atom. The van der Waals surface area contributed by atoms with Crippen molar-refractivity contribution in [2.75, 3.05) is 13.1 Å². The minimum atomic E-state index is 0.645. The molecule has 4 rings (SSSR count). The molecule has 1 saturated heterocycles. The zero-order valence-electron chi connectivity index (χ0n) is 10.7. The lowest BCUT2D eigenvalue weighted by Crippen LogP contribution is -2.33. The fourth-order valence-corrected chi connectivity index (χ4v) is 3.77. The molecule has 2 aromatic rings. The van der Waals surface area contributed by atoms with E-state index in [1.807, 2.05) is 0 Å². The molecule has 1 atom stereocenters. The van der Waals surface area contributed by atoms with Gasteiger partial charge >= 0.3 is 0 Å². The fourth-order valence-electron chi connectivity index (χ4n) is 3.77. The summed E-state index contributed by atoms with van der Waals surface area (Å²) in [6, 6.07) is 14.2. The van der Waals surface area contributed by atoms with E-state index in [-0.39, 0.29) is 0 Å². The van der Waals surface area contributed by atoms with Crippen LogP contribution in [0.25, 0.3) is 10.8 Å². The van der Waals surface area contributed by atoms with Gasteiger partial charge in [0.1, 0.15) is 0 Å². The quantitative estimate of drug-likeness (QED) is 0.726. The van der Waals surface area contributed by atoms with Gasteiger partial charge in [-0.25, -0.2) is 0 Å². The summed E-state index contributed by atoms with van der Waals surface area (Å²) < 4.78 is 0. The minimum absolute atomic E-state index is 0.645. The SMILES string of the molecule is c1cc2c3c(cccc3c1)C(N1CCCCC1)C2. The van der Waals surface area contributed by atoms with Gasteiger partial charge in [0.05, 0.1) is 0 Å². The number of hydrogen-bond acceptors (Lipinski definition) is 1. The second kappa shape index (κ2) is 4.10. The summed E-state index contributed by atoms with van der Waals surface area (Å²) in [5, 5.41) is 2.96. The van der Waals surface area contributed by atoms with Crippen LogP contribution in [0.5, 0.6) is 0 Å². The summed E-state index contributed by atoms with van der Waals surface area (Å²) in [5.41, 5.74) is 3.13. The molecule has 1 aliphatic heterocycles. The molecule has 18 heavy (non-hydrogen) atoms. The Morgan fingerprint density at radius 2 is 1.67 bits per heavy atom. The van der Waals surface area contributed by atoms with Crippen molar-refractivity contribution < 1.29 is 0 Å². The van der Waals surface area contributed by atoms with E-state index in [1.54, 1.807) is 11.1 Å². The monoisotopic (exact) mass is 237 g/mol. The molecule has 92 valence electrons. The highest BCUT2D eigenvalue weighted by molar-refractivity contribution is 5.91. The largest absolute Gasteiger partial charge is 0.296 e. The smallest absolute Gasteiger partial charge is 0.0394 e. The lowest BCUT2D eigenvalue weighted by Gasteiger charge is -2.32. The maximum Gasteiger partial charge on any atom is 0.0394 e. The molecule has 1 heteroatoms. The second-order valence-corrected chi connectivity index (χ2v) is 5.68. The average Bonchev–Trinajstić information content (AvgIpc) is 2.82. The molecule has 0 N–H and O–H groups in total. The Labute approximate surface area is 108 Å². The molecular formula is C17H19N. The summed E-state index contributed by atoms with van der Waals surface area (Å²) in [4.78, 5) is 2.71. The molecular weight excluding hydrogens is 218 g/mol. The molecule has 0 radical (unpaired) electrons. The van der Waals surface area contributed by atoms with Crippen molar-refractivity contribution in [3.8, 4) is 0 Å². The molecule has 0 amide bonds. The summed E-state index contributed by atoms with van der Waals surface area (Å²) in [6.45, 7) is 2.57. The van der Waals surface area contributed by atoms with Gasteiger partial charge in [0.2, 0.25) is 0 Å². The van der Waals surface area contributed by atoms with Crippen molar-refractivity contribution in [2.45, 2.75) is 31.7 Å². The zero-order chi connectivity index (χ0) is 11.9. The molecule has 0 spiro atoms. The summed E-state index contributed by atoms with van der Waals surface area (Å²) in [5.74, 6) is 0. The molecule has 2 aliphatic rings. The lowest BCUT2D eigenvalue weighted by molar-refractivity contribution is 0.166. The highest BCUT2D eigenvalue weighted by atomic mass is 15.2.